The van der Waals surface area contributed by atoms with Gasteiger partial charge in [-0.2, -0.15) is 5.26 Å². The van der Waals surface area contributed by atoms with E-state index in [0.717, 1.165) is 19.4 Å². The third-order valence-corrected chi connectivity index (χ3v) is 3.27. The van der Waals surface area contributed by atoms with E-state index in [1.54, 1.807) is 12.1 Å². The molecule has 1 saturated heterocycles. The number of nitrogens with zero attached hydrogens (tertiary/aromatic N) is 2. The van der Waals surface area contributed by atoms with Crippen molar-refractivity contribution in [1.82, 2.24) is 4.90 Å². The molecular weight excluding hydrogens is 219 g/mol. The molecule has 0 aliphatic carbocycles. The van der Waals surface area contributed by atoms with Crippen LogP contribution in [0.4, 0.5) is 4.39 Å². The van der Waals surface area contributed by atoms with Crippen molar-refractivity contribution < 1.29 is 9.50 Å². The SMILES string of the molecule is N#Cc1ccc(CN2CCCC2CO)c(F)c1. The summed E-state index contributed by atoms with van der Waals surface area (Å²) >= 11 is 0. The molecule has 3 nitrogen and oxygen atoms in total. The highest BCUT2D eigenvalue weighted by Gasteiger charge is 2.24. The van der Waals surface area contributed by atoms with Crippen LogP contribution in [0, 0.1) is 17.1 Å². The van der Waals surface area contributed by atoms with Gasteiger partial charge in [-0.15, -0.1) is 0 Å². The van der Waals surface area contributed by atoms with Crippen LogP contribution in [-0.2, 0) is 6.54 Å². The van der Waals surface area contributed by atoms with E-state index < -0.39 is 0 Å². The Morgan fingerprint density at radius 3 is 3.00 bits per heavy atom. The predicted molar refractivity (Wildman–Crippen MR) is 61.6 cm³/mol. The summed E-state index contributed by atoms with van der Waals surface area (Å²) in [4.78, 5) is 2.09. The van der Waals surface area contributed by atoms with Gasteiger partial charge >= 0.3 is 0 Å². The summed E-state index contributed by atoms with van der Waals surface area (Å²) in [5.74, 6) is -0.340. The molecule has 0 amide bonds. The van der Waals surface area contributed by atoms with Gasteiger partial charge in [0.05, 0.1) is 18.2 Å². The second kappa shape index (κ2) is 5.26. The second-order valence-corrected chi connectivity index (χ2v) is 4.37. The van der Waals surface area contributed by atoms with E-state index in [1.807, 2.05) is 6.07 Å². The molecule has 1 heterocycles. The number of nitriles is 1. The van der Waals surface area contributed by atoms with Gasteiger partial charge in [0, 0.05) is 18.2 Å². The van der Waals surface area contributed by atoms with E-state index >= 15 is 0 Å². The maximum Gasteiger partial charge on any atom is 0.129 e. The van der Waals surface area contributed by atoms with Crippen LogP contribution in [-0.4, -0.2) is 29.2 Å². The third kappa shape index (κ3) is 2.63. The molecule has 1 fully saturated rings. The van der Waals surface area contributed by atoms with E-state index in [2.05, 4.69) is 4.90 Å². The van der Waals surface area contributed by atoms with Crippen molar-refractivity contribution in [3.05, 3.63) is 35.1 Å². The maximum absolute atomic E-state index is 13.7. The van der Waals surface area contributed by atoms with Gasteiger partial charge < -0.3 is 5.11 Å². The summed E-state index contributed by atoms with van der Waals surface area (Å²) in [6, 6.07) is 6.60. The van der Waals surface area contributed by atoms with Crippen molar-refractivity contribution in [3.8, 4) is 6.07 Å². The molecule has 1 atom stereocenters. The Morgan fingerprint density at radius 1 is 1.53 bits per heavy atom. The molecule has 90 valence electrons. The monoisotopic (exact) mass is 234 g/mol. The fourth-order valence-electron chi connectivity index (χ4n) is 2.27. The topological polar surface area (TPSA) is 47.3 Å². The third-order valence-electron chi connectivity index (χ3n) is 3.27. The number of aliphatic hydroxyl groups is 1. The molecular formula is C13H15FN2O. The van der Waals surface area contributed by atoms with Gasteiger partial charge in [-0.05, 0) is 31.5 Å². The number of hydrogen-bond acceptors (Lipinski definition) is 3. The number of likely N-dealkylation sites (tertiary alicyclic amines) is 1. The Balaban J connectivity index is 2.11. The van der Waals surface area contributed by atoms with Gasteiger partial charge in [0.25, 0.3) is 0 Å². The molecule has 0 radical (unpaired) electrons. The largest absolute Gasteiger partial charge is 0.395 e. The summed E-state index contributed by atoms with van der Waals surface area (Å²) in [6.45, 7) is 1.52. The molecule has 1 unspecified atom stereocenters. The van der Waals surface area contributed by atoms with Crippen LogP contribution in [0.2, 0.25) is 0 Å². The van der Waals surface area contributed by atoms with Crippen LogP contribution in [0.5, 0.6) is 0 Å². The highest BCUT2D eigenvalue weighted by Crippen LogP contribution is 2.21. The highest BCUT2D eigenvalue weighted by molar-refractivity contribution is 5.32. The number of hydrogen-bond donors (Lipinski definition) is 1. The lowest BCUT2D eigenvalue weighted by molar-refractivity contribution is 0.152. The summed E-state index contributed by atoms with van der Waals surface area (Å²) in [6.07, 6.45) is 2.01. The molecule has 0 aromatic heterocycles. The van der Waals surface area contributed by atoms with E-state index in [9.17, 15) is 9.50 Å². The van der Waals surface area contributed by atoms with Crippen LogP contribution < -0.4 is 0 Å². The molecule has 1 aliphatic rings. The van der Waals surface area contributed by atoms with E-state index in [1.165, 1.54) is 6.07 Å². The van der Waals surface area contributed by atoms with Gasteiger partial charge in [0.2, 0.25) is 0 Å². The zero-order valence-electron chi connectivity index (χ0n) is 9.56. The zero-order valence-corrected chi connectivity index (χ0v) is 9.56. The zero-order chi connectivity index (χ0) is 12.3. The Bertz CT molecular complexity index is 442. The molecule has 1 aromatic carbocycles. The van der Waals surface area contributed by atoms with Crippen LogP contribution >= 0.6 is 0 Å². The number of rotatable bonds is 3. The molecule has 2 rings (SSSR count). The average Bonchev–Trinajstić information content (AvgIpc) is 2.79. The molecule has 0 spiro atoms. The van der Waals surface area contributed by atoms with Gasteiger partial charge in [0.1, 0.15) is 5.82 Å². The Labute approximate surface area is 100 Å². The Kier molecular flexibility index (Phi) is 3.72. The summed E-state index contributed by atoms with van der Waals surface area (Å²) < 4.78 is 13.7. The minimum atomic E-state index is -0.340. The van der Waals surface area contributed by atoms with Gasteiger partial charge in [-0.3, -0.25) is 4.90 Å². The molecule has 4 heteroatoms. The smallest absolute Gasteiger partial charge is 0.129 e. The van der Waals surface area contributed by atoms with Crippen LogP contribution in [0.1, 0.15) is 24.0 Å². The first-order valence-corrected chi connectivity index (χ1v) is 5.78. The molecule has 1 N–H and O–H groups in total. The van der Waals surface area contributed by atoms with Crippen LogP contribution in [0.3, 0.4) is 0 Å². The van der Waals surface area contributed by atoms with Gasteiger partial charge in [0.15, 0.2) is 0 Å². The molecule has 0 saturated carbocycles. The number of aliphatic hydroxyl groups excluding tert-OH is 1. The summed E-state index contributed by atoms with van der Waals surface area (Å²) in [7, 11) is 0. The quantitative estimate of drug-likeness (QED) is 0.865. The van der Waals surface area contributed by atoms with Crippen molar-refractivity contribution in [3.63, 3.8) is 0 Å². The lowest BCUT2D eigenvalue weighted by atomic mass is 10.1. The second-order valence-electron chi connectivity index (χ2n) is 4.37. The van der Waals surface area contributed by atoms with Gasteiger partial charge in [-0.1, -0.05) is 6.07 Å². The molecule has 1 aromatic rings. The first kappa shape index (κ1) is 12.0. The normalized spacial score (nSPS) is 20.4. The average molecular weight is 234 g/mol. The molecule has 1 aliphatic heterocycles. The first-order valence-electron chi connectivity index (χ1n) is 5.78. The van der Waals surface area contributed by atoms with Crippen molar-refractivity contribution in [2.75, 3.05) is 13.2 Å². The van der Waals surface area contributed by atoms with E-state index in [4.69, 9.17) is 5.26 Å². The standard InChI is InChI=1S/C13H15FN2O/c14-13-6-10(7-15)3-4-11(13)8-16-5-1-2-12(16)9-17/h3-4,6,12,17H,1-2,5,8-9H2. The van der Waals surface area contributed by atoms with Crippen LogP contribution in [0.25, 0.3) is 0 Å². The highest BCUT2D eigenvalue weighted by atomic mass is 19.1. The van der Waals surface area contributed by atoms with Crippen molar-refractivity contribution in [2.45, 2.75) is 25.4 Å². The lowest BCUT2D eigenvalue weighted by Crippen LogP contribution is -2.31. The van der Waals surface area contributed by atoms with Crippen molar-refractivity contribution in [1.29, 1.82) is 5.26 Å². The number of halogens is 1. The van der Waals surface area contributed by atoms with Gasteiger partial charge in [-0.25, -0.2) is 4.39 Å². The lowest BCUT2D eigenvalue weighted by Gasteiger charge is -2.22. The van der Waals surface area contributed by atoms with Crippen molar-refractivity contribution in [2.24, 2.45) is 0 Å². The Morgan fingerprint density at radius 2 is 2.35 bits per heavy atom. The van der Waals surface area contributed by atoms with E-state index in [0.29, 0.717) is 17.7 Å². The predicted octanol–water partition coefficient (Wildman–Crippen LogP) is 1.65. The maximum atomic E-state index is 13.7. The molecule has 0 bridgehead atoms. The molecule has 17 heavy (non-hydrogen) atoms. The minimum absolute atomic E-state index is 0.123. The Hall–Kier alpha value is -1.44. The minimum Gasteiger partial charge on any atom is -0.395 e. The fourth-order valence-corrected chi connectivity index (χ4v) is 2.27. The summed E-state index contributed by atoms with van der Waals surface area (Å²) in [5.41, 5.74) is 0.927. The summed E-state index contributed by atoms with van der Waals surface area (Å²) in [5, 5.41) is 17.8. The fraction of sp³-hybridized carbons (Fsp3) is 0.462. The van der Waals surface area contributed by atoms with Crippen LogP contribution in [0.15, 0.2) is 18.2 Å². The van der Waals surface area contributed by atoms with E-state index in [-0.39, 0.29) is 18.5 Å². The first-order chi connectivity index (χ1) is 8.24. The van der Waals surface area contributed by atoms with Crippen molar-refractivity contribution >= 4 is 0 Å². The number of benzene rings is 1.